The Hall–Kier alpha value is -2.38. The largest absolute Gasteiger partial charge is 0.474 e. The van der Waals surface area contributed by atoms with Gasteiger partial charge >= 0.3 is 0 Å². The van der Waals surface area contributed by atoms with Crippen LogP contribution in [0.4, 0.5) is 0 Å². The number of aromatic nitrogens is 2. The number of hydrogen-bond donors (Lipinski definition) is 1. The van der Waals surface area contributed by atoms with Crippen LogP contribution in [0.5, 0.6) is 11.8 Å². The average molecular weight is 431 g/mol. The SMILES string of the molecule is Cc1c(OC2CCNCC2)ncnc1OC1CCN(C(=O)c2ccc(Cl)cc2)CC1. The Morgan fingerprint density at radius 1 is 1.00 bits per heavy atom. The van der Waals surface area contributed by atoms with Gasteiger partial charge < -0.3 is 19.7 Å². The molecule has 30 heavy (non-hydrogen) atoms. The molecule has 1 aromatic heterocycles. The Morgan fingerprint density at radius 2 is 1.57 bits per heavy atom. The van der Waals surface area contributed by atoms with Crippen LogP contribution in [0.2, 0.25) is 5.02 Å². The molecule has 0 unspecified atom stereocenters. The van der Waals surface area contributed by atoms with E-state index in [4.69, 9.17) is 21.1 Å². The summed E-state index contributed by atoms with van der Waals surface area (Å²) in [6.07, 6.45) is 5.15. The van der Waals surface area contributed by atoms with Crippen LogP contribution in [0.3, 0.4) is 0 Å². The third-order valence-corrected chi connectivity index (χ3v) is 5.91. The minimum atomic E-state index is 0.0135. The molecule has 2 aliphatic rings. The standard InChI is InChI=1S/C22H27ClN4O3/c1-15-20(29-18-6-10-24-11-7-18)25-14-26-21(15)30-19-8-12-27(13-9-19)22(28)16-2-4-17(23)5-3-16/h2-5,14,18-19,24H,6-13H2,1H3. The number of nitrogens with zero attached hydrogens (tertiary/aromatic N) is 3. The second kappa shape index (κ2) is 9.62. The number of hydrogen-bond acceptors (Lipinski definition) is 6. The maximum atomic E-state index is 12.7. The van der Waals surface area contributed by atoms with E-state index in [0.29, 0.717) is 35.4 Å². The van der Waals surface area contributed by atoms with Crippen molar-refractivity contribution in [1.29, 1.82) is 0 Å². The number of carbonyl (C=O) groups is 1. The smallest absolute Gasteiger partial charge is 0.253 e. The lowest BCUT2D eigenvalue weighted by Gasteiger charge is -2.32. The molecule has 1 aromatic carbocycles. The molecule has 160 valence electrons. The van der Waals surface area contributed by atoms with Gasteiger partial charge in [-0.3, -0.25) is 4.79 Å². The highest BCUT2D eigenvalue weighted by atomic mass is 35.5. The molecule has 1 N–H and O–H groups in total. The number of halogens is 1. The van der Waals surface area contributed by atoms with E-state index in [2.05, 4.69) is 15.3 Å². The minimum Gasteiger partial charge on any atom is -0.474 e. The molecule has 2 saturated heterocycles. The van der Waals surface area contributed by atoms with E-state index in [1.54, 1.807) is 24.3 Å². The molecule has 1 amide bonds. The van der Waals surface area contributed by atoms with Crippen LogP contribution in [0.25, 0.3) is 0 Å². The van der Waals surface area contributed by atoms with Crippen molar-refractivity contribution in [3.05, 3.63) is 46.7 Å². The molecule has 4 rings (SSSR count). The van der Waals surface area contributed by atoms with Crippen molar-refractivity contribution in [3.63, 3.8) is 0 Å². The Balaban J connectivity index is 1.33. The van der Waals surface area contributed by atoms with Crippen molar-refractivity contribution in [2.75, 3.05) is 26.2 Å². The molecule has 2 fully saturated rings. The zero-order valence-electron chi connectivity index (χ0n) is 17.1. The van der Waals surface area contributed by atoms with Gasteiger partial charge in [-0.05, 0) is 57.1 Å². The van der Waals surface area contributed by atoms with E-state index in [1.807, 2.05) is 11.8 Å². The highest BCUT2D eigenvalue weighted by molar-refractivity contribution is 6.30. The fourth-order valence-electron chi connectivity index (χ4n) is 3.84. The zero-order chi connectivity index (χ0) is 20.9. The first-order chi connectivity index (χ1) is 14.6. The molecule has 3 heterocycles. The van der Waals surface area contributed by atoms with E-state index in [-0.39, 0.29) is 18.1 Å². The molecule has 0 saturated carbocycles. The summed E-state index contributed by atoms with van der Waals surface area (Å²) < 4.78 is 12.3. The van der Waals surface area contributed by atoms with Gasteiger partial charge in [0.05, 0.1) is 5.56 Å². The number of ether oxygens (including phenoxy) is 2. The lowest BCUT2D eigenvalue weighted by Crippen LogP contribution is -2.41. The number of piperidine rings is 2. The van der Waals surface area contributed by atoms with Gasteiger partial charge in [-0.1, -0.05) is 11.6 Å². The van der Waals surface area contributed by atoms with Crippen LogP contribution >= 0.6 is 11.6 Å². The van der Waals surface area contributed by atoms with Gasteiger partial charge in [0.1, 0.15) is 18.5 Å². The molecular formula is C22H27ClN4O3. The number of amides is 1. The van der Waals surface area contributed by atoms with Crippen molar-refractivity contribution in [1.82, 2.24) is 20.2 Å². The molecular weight excluding hydrogens is 404 g/mol. The molecule has 0 radical (unpaired) electrons. The molecule has 0 bridgehead atoms. The summed E-state index contributed by atoms with van der Waals surface area (Å²) in [6, 6.07) is 7.01. The maximum Gasteiger partial charge on any atom is 0.253 e. The number of likely N-dealkylation sites (tertiary alicyclic amines) is 1. The minimum absolute atomic E-state index is 0.0135. The van der Waals surface area contributed by atoms with Gasteiger partial charge in [0.15, 0.2) is 0 Å². The predicted molar refractivity (Wildman–Crippen MR) is 114 cm³/mol. The van der Waals surface area contributed by atoms with Crippen LogP contribution in [0.15, 0.2) is 30.6 Å². The van der Waals surface area contributed by atoms with Crippen molar-refractivity contribution < 1.29 is 14.3 Å². The van der Waals surface area contributed by atoms with E-state index in [0.717, 1.165) is 44.3 Å². The van der Waals surface area contributed by atoms with Gasteiger partial charge in [-0.25, -0.2) is 9.97 Å². The van der Waals surface area contributed by atoms with Gasteiger partial charge in [0.25, 0.3) is 5.91 Å². The molecule has 0 spiro atoms. The summed E-state index contributed by atoms with van der Waals surface area (Å²) in [5, 5.41) is 3.96. The van der Waals surface area contributed by atoms with Crippen LogP contribution in [0.1, 0.15) is 41.6 Å². The van der Waals surface area contributed by atoms with Crippen LogP contribution in [0, 0.1) is 6.92 Å². The maximum absolute atomic E-state index is 12.7. The second-order valence-electron chi connectivity index (χ2n) is 7.79. The number of carbonyl (C=O) groups excluding carboxylic acids is 1. The zero-order valence-corrected chi connectivity index (χ0v) is 17.9. The summed E-state index contributed by atoms with van der Waals surface area (Å²) in [5.74, 6) is 1.19. The number of benzene rings is 1. The number of rotatable bonds is 5. The Bertz CT molecular complexity index is 863. The molecule has 0 atom stereocenters. The fraction of sp³-hybridized carbons (Fsp3) is 0.500. The van der Waals surface area contributed by atoms with Crippen molar-refractivity contribution in [2.45, 2.75) is 44.8 Å². The van der Waals surface area contributed by atoms with E-state index in [9.17, 15) is 4.79 Å². The molecule has 0 aliphatic carbocycles. The van der Waals surface area contributed by atoms with E-state index < -0.39 is 0 Å². The predicted octanol–water partition coefficient (Wildman–Crippen LogP) is 3.25. The van der Waals surface area contributed by atoms with Gasteiger partial charge in [0.2, 0.25) is 11.8 Å². The molecule has 2 aromatic rings. The molecule has 8 heteroatoms. The van der Waals surface area contributed by atoms with Gasteiger partial charge in [-0.2, -0.15) is 0 Å². The first-order valence-electron chi connectivity index (χ1n) is 10.5. The van der Waals surface area contributed by atoms with Crippen LogP contribution in [-0.4, -0.2) is 59.2 Å². The summed E-state index contributed by atoms with van der Waals surface area (Å²) >= 11 is 5.91. The second-order valence-corrected chi connectivity index (χ2v) is 8.23. The highest BCUT2D eigenvalue weighted by Gasteiger charge is 2.26. The van der Waals surface area contributed by atoms with E-state index >= 15 is 0 Å². The average Bonchev–Trinajstić information content (AvgIpc) is 2.78. The third-order valence-electron chi connectivity index (χ3n) is 5.65. The number of nitrogens with one attached hydrogen (secondary N) is 1. The molecule has 7 nitrogen and oxygen atoms in total. The fourth-order valence-corrected chi connectivity index (χ4v) is 3.96. The Labute approximate surface area is 181 Å². The summed E-state index contributed by atoms with van der Waals surface area (Å²) in [7, 11) is 0. The Morgan fingerprint density at radius 3 is 2.17 bits per heavy atom. The lowest BCUT2D eigenvalue weighted by molar-refractivity contribution is 0.0584. The summed E-state index contributed by atoms with van der Waals surface area (Å²) in [4.78, 5) is 23.1. The van der Waals surface area contributed by atoms with Gasteiger partial charge in [-0.15, -0.1) is 0 Å². The van der Waals surface area contributed by atoms with Crippen LogP contribution < -0.4 is 14.8 Å². The molecule has 2 aliphatic heterocycles. The third kappa shape index (κ3) is 5.02. The highest BCUT2D eigenvalue weighted by Crippen LogP contribution is 2.27. The first kappa shape index (κ1) is 20.9. The van der Waals surface area contributed by atoms with Crippen molar-refractivity contribution in [3.8, 4) is 11.8 Å². The monoisotopic (exact) mass is 430 g/mol. The van der Waals surface area contributed by atoms with Crippen molar-refractivity contribution >= 4 is 17.5 Å². The summed E-state index contributed by atoms with van der Waals surface area (Å²) in [6.45, 7) is 5.16. The van der Waals surface area contributed by atoms with Gasteiger partial charge in [0, 0.05) is 36.5 Å². The van der Waals surface area contributed by atoms with E-state index in [1.165, 1.54) is 6.33 Å². The summed E-state index contributed by atoms with van der Waals surface area (Å²) in [5.41, 5.74) is 1.49. The Kier molecular flexibility index (Phi) is 6.69. The normalized spacial score (nSPS) is 18.3. The van der Waals surface area contributed by atoms with Crippen LogP contribution in [-0.2, 0) is 0 Å². The van der Waals surface area contributed by atoms with Crippen molar-refractivity contribution in [2.24, 2.45) is 0 Å². The lowest BCUT2D eigenvalue weighted by atomic mass is 10.1. The topological polar surface area (TPSA) is 76.6 Å². The first-order valence-corrected chi connectivity index (χ1v) is 10.9. The quantitative estimate of drug-likeness (QED) is 0.784.